The molecule has 0 aromatic heterocycles. The molecule has 5 heteroatoms. The molecular formula is C26H27F2NO2. The van der Waals surface area contributed by atoms with Gasteiger partial charge in [-0.05, 0) is 29.7 Å². The van der Waals surface area contributed by atoms with Crippen LogP contribution in [0.15, 0.2) is 84.9 Å². The highest BCUT2D eigenvalue weighted by Crippen LogP contribution is 2.55. The van der Waals surface area contributed by atoms with E-state index in [-0.39, 0.29) is 18.5 Å². The maximum Gasteiger partial charge on any atom is 0.334 e. The Morgan fingerprint density at radius 2 is 1.55 bits per heavy atom. The number of para-hydroxylation sites is 2. The lowest BCUT2D eigenvalue weighted by Gasteiger charge is -2.45. The lowest BCUT2D eigenvalue weighted by Crippen LogP contribution is -2.64. The van der Waals surface area contributed by atoms with Crippen LogP contribution in [0.1, 0.15) is 43.4 Å². The molecule has 2 unspecified atom stereocenters. The number of nitrogens with zero attached hydrogens (tertiary/aromatic N) is 1. The Bertz CT molecular complexity index is 997. The van der Waals surface area contributed by atoms with E-state index < -0.39 is 17.8 Å². The molecule has 1 N–H and O–H groups in total. The first-order chi connectivity index (χ1) is 15.0. The Hall–Kier alpha value is -2.92. The quantitative estimate of drug-likeness (QED) is 0.459. The third-order valence-corrected chi connectivity index (χ3v) is 5.90. The van der Waals surface area contributed by atoms with Crippen LogP contribution in [-0.4, -0.2) is 16.8 Å². The first-order valence-corrected chi connectivity index (χ1v) is 10.7. The van der Waals surface area contributed by atoms with Gasteiger partial charge in [0.1, 0.15) is 11.9 Å². The van der Waals surface area contributed by atoms with Crippen LogP contribution in [0.5, 0.6) is 5.75 Å². The van der Waals surface area contributed by atoms with Crippen LogP contribution in [0.2, 0.25) is 0 Å². The molecule has 0 amide bonds. The Kier molecular flexibility index (Phi) is 5.96. The molecule has 0 fully saturated rings. The summed E-state index contributed by atoms with van der Waals surface area (Å²) < 4.78 is 38.7. The molecule has 1 aliphatic rings. The lowest BCUT2D eigenvalue weighted by atomic mass is 9.89. The van der Waals surface area contributed by atoms with Gasteiger partial charge < -0.3 is 14.7 Å². The van der Waals surface area contributed by atoms with Crippen molar-refractivity contribution in [2.75, 3.05) is 4.90 Å². The summed E-state index contributed by atoms with van der Waals surface area (Å²) in [5.41, 5.74) is -0.323. The normalized spacial score (nSPS) is 19.0. The van der Waals surface area contributed by atoms with Crippen molar-refractivity contribution in [3.8, 4) is 5.75 Å². The summed E-state index contributed by atoms with van der Waals surface area (Å²) >= 11 is 0. The molecule has 3 aromatic carbocycles. The fourth-order valence-corrected chi connectivity index (χ4v) is 4.25. The van der Waals surface area contributed by atoms with E-state index in [1.807, 2.05) is 43.3 Å². The third-order valence-electron chi connectivity index (χ3n) is 5.90. The fraction of sp³-hybridized carbons (Fsp3) is 0.308. The number of anilines is 1. The smallest absolute Gasteiger partial charge is 0.334 e. The number of fused-ring (bicyclic) bond motifs is 1. The van der Waals surface area contributed by atoms with E-state index in [2.05, 4.69) is 0 Å². The highest BCUT2D eigenvalue weighted by Gasteiger charge is 2.66. The number of benzene rings is 3. The summed E-state index contributed by atoms with van der Waals surface area (Å²) in [6.45, 7) is 2.21. The van der Waals surface area contributed by atoms with Gasteiger partial charge in [0, 0.05) is 13.0 Å². The summed E-state index contributed by atoms with van der Waals surface area (Å²) in [5, 5.41) is 10.9. The number of aliphatic hydroxyl groups is 1. The van der Waals surface area contributed by atoms with Crippen molar-refractivity contribution in [2.24, 2.45) is 0 Å². The number of unbranched alkanes of at least 4 members (excludes halogenated alkanes) is 1. The van der Waals surface area contributed by atoms with Gasteiger partial charge in [-0.15, -0.1) is 0 Å². The zero-order valence-electron chi connectivity index (χ0n) is 17.5. The summed E-state index contributed by atoms with van der Waals surface area (Å²) in [6.07, 6.45) is -0.644. The number of hydrogen-bond donors (Lipinski definition) is 1. The molecule has 4 rings (SSSR count). The van der Waals surface area contributed by atoms with Gasteiger partial charge in [0.2, 0.25) is 5.72 Å². The number of ether oxygens (including phenoxy) is 1. The van der Waals surface area contributed by atoms with Crippen molar-refractivity contribution in [1.82, 2.24) is 0 Å². The lowest BCUT2D eigenvalue weighted by molar-refractivity contribution is -0.220. The maximum absolute atomic E-state index is 16.3. The molecule has 162 valence electrons. The van der Waals surface area contributed by atoms with Gasteiger partial charge in [-0.3, -0.25) is 0 Å². The van der Waals surface area contributed by atoms with Crippen molar-refractivity contribution in [1.29, 1.82) is 0 Å². The highest BCUT2D eigenvalue weighted by atomic mass is 19.3. The number of halogens is 2. The van der Waals surface area contributed by atoms with E-state index in [9.17, 15) is 5.11 Å². The van der Waals surface area contributed by atoms with Gasteiger partial charge in [0.15, 0.2) is 0 Å². The molecule has 0 saturated carbocycles. The van der Waals surface area contributed by atoms with E-state index in [1.54, 1.807) is 41.3 Å². The fourth-order valence-electron chi connectivity index (χ4n) is 4.25. The van der Waals surface area contributed by atoms with E-state index in [0.717, 1.165) is 12.0 Å². The minimum atomic E-state index is -3.57. The number of aliphatic hydroxyl groups excluding tert-OH is 1. The van der Waals surface area contributed by atoms with Crippen molar-refractivity contribution >= 4 is 5.69 Å². The summed E-state index contributed by atoms with van der Waals surface area (Å²) in [7, 11) is 0. The summed E-state index contributed by atoms with van der Waals surface area (Å²) in [5.74, 6) is -3.16. The van der Waals surface area contributed by atoms with Crippen molar-refractivity contribution < 1.29 is 18.6 Å². The Morgan fingerprint density at radius 1 is 0.935 bits per heavy atom. The molecule has 1 aliphatic heterocycles. The summed E-state index contributed by atoms with van der Waals surface area (Å²) in [6, 6.07) is 24.7. The standard InChI is InChI=1S/C26H27F2NO2/c1-2-3-18-25(26(27,28)24(30)21-14-8-5-9-15-21)29(19-20-12-6-4-7-13-20)22-16-10-11-17-23(22)31-25/h4-17,24,30H,2-3,18-19H2,1H3. The molecular weight excluding hydrogens is 396 g/mol. The second-order valence-corrected chi connectivity index (χ2v) is 7.97. The monoisotopic (exact) mass is 423 g/mol. The van der Waals surface area contributed by atoms with Crippen molar-refractivity contribution in [2.45, 2.75) is 50.5 Å². The molecule has 0 spiro atoms. The van der Waals surface area contributed by atoms with Crippen molar-refractivity contribution in [3.63, 3.8) is 0 Å². The van der Waals surface area contributed by atoms with Crippen LogP contribution < -0.4 is 9.64 Å². The van der Waals surface area contributed by atoms with Gasteiger partial charge in [-0.1, -0.05) is 86.1 Å². The summed E-state index contributed by atoms with van der Waals surface area (Å²) in [4.78, 5) is 1.64. The van der Waals surface area contributed by atoms with Crippen LogP contribution in [0.3, 0.4) is 0 Å². The zero-order valence-corrected chi connectivity index (χ0v) is 17.5. The van der Waals surface area contributed by atoms with Crippen LogP contribution in [0.4, 0.5) is 14.5 Å². The second-order valence-electron chi connectivity index (χ2n) is 7.97. The first-order valence-electron chi connectivity index (χ1n) is 10.7. The molecule has 0 saturated heterocycles. The molecule has 0 bridgehead atoms. The molecule has 1 heterocycles. The molecule has 3 aromatic rings. The minimum absolute atomic E-state index is 0.0852. The molecule has 3 nitrogen and oxygen atoms in total. The Morgan fingerprint density at radius 3 is 2.23 bits per heavy atom. The van der Waals surface area contributed by atoms with E-state index in [0.29, 0.717) is 17.9 Å². The number of hydrogen-bond acceptors (Lipinski definition) is 3. The number of rotatable bonds is 8. The number of alkyl halides is 2. The average Bonchev–Trinajstić information content (AvgIpc) is 3.13. The Labute approximate surface area is 181 Å². The highest BCUT2D eigenvalue weighted by molar-refractivity contribution is 5.65. The van der Waals surface area contributed by atoms with Crippen LogP contribution in [0.25, 0.3) is 0 Å². The van der Waals surface area contributed by atoms with E-state index in [1.165, 1.54) is 12.1 Å². The average molecular weight is 424 g/mol. The Balaban J connectivity index is 1.83. The van der Waals surface area contributed by atoms with Gasteiger partial charge in [0.25, 0.3) is 0 Å². The zero-order chi connectivity index (χ0) is 21.9. The van der Waals surface area contributed by atoms with E-state index >= 15 is 8.78 Å². The largest absolute Gasteiger partial charge is 0.459 e. The molecule has 31 heavy (non-hydrogen) atoms. The maximum atomic E-state index is 16.3. The van der Waals surface area contributed by atoms with Gasteiger partial charge in [-0.2, -0.15) is 8.78 Å². The topological polar surface area (TPSA) is 32.7 Å². The van der Waals surface area contributed by atoms with Crippen LogP contribution in [0, 0.1) is 0 Å². The van der Waals surface area contributed by atoms with E-state index in [4.69, 9.17) is 4.74 Å². The van der Waals surface area contributed by atoms with Gasteiger partial charge >= 0.3 is 5.92 Å². The van der Waals surface area contributed by atoms with Gasteiger partial charge in [0.05, 0.1) is 5.69 Å². The van der Waals surface area contributed by atoms with Crippen LogP contribution in [-0.2, 0) is 6.54 Å². The second kappa shape index (κ2) is 8.67. The SMILES string of the molecule is CCCCC1(C(F)(F)C(O)c2ccccc2)Oc2ccccc2N1Cc1ccccc1. The molecule has 0 radical (unpaired) electrons. The van der Waals surface area contributed by atoms with Gasteiger partial charge in [-0.25, -0.2) is 0 Å². The predicted octanol–water partition coefficient (Wildman–Crippen LogP) is 6.34. The third kappa shape index (κ3) is 3.79. The van der Waals surface area contributed by atoms with Crippen molar-refractivity contribution in [3.05, 3.63) is 96.1 Å². The predicted molar refractivity (Wildman–Crippen MR) is 118 cm³/mol. The molecule has 2 atom stereocenters. The minimum Gasteiger partial charge on any atom is -0.459 e. The first kappa shape index (κ1) is 21.3. The molecule has 0 aliphatic carbocycles. The van der Waals surface area contributed by atoms with Crippen LogP contribution >= 0.6 is 0 Å².